The molecule has 1 aliphatic rings. The number of methoxy groups -OCH3 is 1. The van der Waals surface area contributed by atoms with Crippen molar-refractivity contribution in [2.75, 3.05) is 20.3 Å². The lowest BCUT2D eigenvalue weighted by molar-refractivity contribution is 0.110. The minimum atomic E-state index is 0.312. The van der Waals surface area contributed by atoms with Crippen molar-refractivity contribution in [3.8, 4) is 11.5 Å². The first-order valence-corrected chi connectivity index (χ1v) is 9.41. The van der Waals surface area contributed by atoms with Crippen molar-refractivity contribution >= 4 is 11.6 Å². The van der Waals surface area contributed by atoms with E-state index < -0.39 is 0 Å². The zero-order valence-corrected chi connectivity index (χ0v) is 16.1. The molecule has 1 heterocycles. The van der Waals surface area contributed by atoms with Crippen LogP contribution in [-0.2, 0) is 17.9 Å². The van der Waals surface area contributed by atoms with Crippen LogP contribution in [0.5, 0.6) is 11.5 Å². The van der Waals surface area contributed by atoms with Gasteiger partial charge in [-0.25, -0.2) is 0 Å². The van der Waals surface area contributed by atoms with Gasteiger partial charge in [-0.15, -0.1) is 0 Å². The minimum absolute atomic E-state index is 0.312. The van der Waals surface area contributed by atoms with Gasteiger partial charge in [-0.3, -0.25) is 0 Å². The van der Waals surface area contributed by atoms with E-state index in [1.165, 1.54) is 5.56 Å². The molecule has 0 spiro atoms. The molecule has 0 amide bonds. The molecule has 2 aromatic rings. The molecule has 0 aromatic heterocycles. The Morgan fingerprint density at radius 2 is 2.04 bits per heavy atom. The summed E-state index contributed by atoms with van der Waals surface area (Å²) in [6.45, 7) is 4.94. The topological polar surface area (TPSA) is 39.7 Å². The van der Waals surface area contributed by atoms with Crippen molar-refractivity contribution in [1.29, 1.82) is 0 Å². The SMILES string of the molecule is COc1cc(CNCC2CCCO2)c(Cl)cc1OCc1ccccc1C. The molecule has 0 aliphatic carbocycles. The molecule has 0 radical (unpaired) electrons. The maximum Gasteiger partial charge on any atom is 0.163 e. The van der Waals surface area contributed by atoms with Gasteiger partial charge in [0.25, 0.3) is 0 Å². The summed E-state index contributed by atoms with van der Waals surface area (Å²) in [5.41, 5.74) is 3.34. The highest BCUT2D eigenvalue weighted by Crippen LogP contribution is 2.34. The van der Waals surface area contributed by atoms with Crippen LogP contribution in [0, 0.1) is 6.92 Å². The second kappa shape index (κ2) is 9.26. The highest BCUT2D eigenvalue weighted by Gasteiger charge is 2.16. The van der Waals surface area contributed by atoms with Gasteiger partial charge >= 0.3 is 0 Å². The Morgan fingerprint density at radius 3 is 2.77 bits per heavy atom. The van der Waals surface area contributed by atoms with Gasteiger partial charge in [0.15, 0.2) is 11.5 Å². The molecule has 5 heteroatoms. The van der Waals surface area contributed by atoms with Crippen LogP contribution in [0.4, 0.5) is 0 Å². The van der Waals surface area contributed by atoms with E-state index in [4.69, 9.17) is 25.8 Å². The molecule has 3 rings (SSSR count). The minimum Gasteiger partial charge on any atom is -0.493 e. The average molecular weight is 376 g/mol. The van der Waals surface area contributed by atoms with Crippen LogP contribution in [0.3, 0.4) is 0 Å². The average Bonchev–Trinajstić information content (AvgIpc) is 3.16. The van der Waals surface area contributed by atoms with Crippen molar-refractivity contribution in [2.45, 2.75) is 39.0 Å². The van der Waals surface area contributed by atoms with Crippen LogP contribution in [0.25, 0.3) is 0 Å². The van der Waals surface area contributed by atoms with Gasteiger partial charge in [-0.05, 0) is 42.5 Å². The Kier molecular flexibility index (Phi) is 6.78. The summed E-state index contributed by atoms with van der Waals surface area (Å²) in [5.74, 6) is 1.35. The van der Waals surface area contributed by atoms with Gasteiger partial charge in [-0.2, -0.15) is 0 Å². The summed E-state index contributed by atoms with van der Waals surface area (Å²) in [6.07, 6.45) is 2.58. The van der Waals surface area contributed by atoms with E-state index in [0.29, 0.717) is 35.8 Å². The first-order valence-electron chi connectivity index (χ1n) is 9.03. The maximum absolute atomic E-state index is 6.46. The Morgan fingerprint density at radius 1 is 1.19 bits per heavy atom. The number of hydrogen-bond acceptors (Lipinski definition) is 4. The van der Waals surface area contributed by atoms with Gasteiger partial charge in [0.1, 0.15) is 6.61 Å². The molecular weight excluding hydrogens is 350 g/mol. The Labute approximate surface area is 160 Å². The second-order valence-electron chi connectivity index (χ2n) is 6.58. The van der Waals surface area contributed by atoms with Crippen LogP contribution >= 0.6 is 11.6 Å². The van der Waals surface area contributed by atoms with Crippen LogP contribution in [-0.4, -0.2) is 26.4 Å². The first kappa shape index (κ1) is 19.0. The Balaban J connectivity index is 1.63. The molecular formula is C21H26ClNO3. The predicted octanol–water partition coefficient (Wildman–Crippen LogP) is 4.50. The summed E-state index contributed by atoms with van der Waals surface area (Å²) >= 11 is 6.46. The molecule has 140 valence electrons. The van der Waals surface area contributed by atoms with E-state index in [-0.39, 0.29) is 0 Å². The zero-order valence-electron chi connectivity index (χ0n) is 15.4. The fourth-order valence-corrected chi connectivity index (χ4v) is 3.31. The van der Waals surface area contributed by atoms with Gasteiger partial charge in [0.2, 0.25) is 0 Å². The van der Waals surface area contributed by atoms with Crippen LogP contribution in [0.15, 0.2) is 36.4 Å². The van der Waals surface area contributed by atoms with Gasteiger partial charge in [0.05, 0.1) is 13.2 Å². The lowest BCUT2D eigenvalue weighted by atomic mass is 10.1. The molecule has 1 saturated heterocycles. The molecule has 2 aromatic carbocycles. The highest BCUT2D eigenvalue weighted by molar-refractivity contribution is 6.31. The maximum atomic E-state index is 6.46. The van der Waals surface area contributed by atoms with Crippen LogP contribution < -0.4 is 14.8 Å². The third-order valence-corrected chi connectivity index (χ3v) is 5.04. The van der Waals surface area contributed by atoms with E-state index in [1.54, 1.807) is 7.11 Å². The molecule has 1 N–H and O–H groups in total. The summed E-state index contributed by atoms with van der Waals surface area (Å²) in [5, 5.41) is 4.09. The van der Waals surface area contributed by atoms with Crippen molar-refractivity contribution in [2.24, 2.45) is 0 Å². The normalized spacial score (nSPS) is 16.7. The quantitative estimate of drug-likeness (QED) is 0.737. The third-order valence-electron chi connectivity index (χ3n) is 4.69. The van der Waals surface area contributed by atoms with Crippen molar-refractivity contribution in [3.05, 3.63) is 58.1 Å². The van der Waals surface area contributed by atoms with E-state index >= 15 is 0 Å². The van der Waals surface area contributed by atoms with E-state index in [0.717, 1.165) is 37.1 Å². The van der Waals surface area contributed by atoms with E-state index in [1.807, 2.05) is 24.3 Å². The third kappa shape index (κ3) is 4.91. The molecule has 0 bridgehead atoms. The summed E-state index contributed by atoms with van der Waals surface area (Å²) in [4.78, 5) is 0. The summed E-state index contributed by atoms with van der Waals surface area (Å²) in [6, 6.07) is 12.0. The van der Waals surface area contributed by atoms with E-state index in [2.05, 4.69) is 24.4 Å². The van der Waals surface area contributed by atoms with Crippen molar-refractivity contribution in [1.82, 2.24) is 5.32 Å². The van der Waals surface area contributed by atoms with E-state index in [9.17, 15) is 0 Å². The number of aryl methyl sites for hydroxylation is 1. The predicted molar refractivity (Wildman–Crippen MR) is 104 cm³/mol. The lowest BCUT2D eigenvalue weighted by Gasteiger charge is -2.16. The number of nitrogens with one attached hydrogen (secondary N) is 1. The zero-order chi connectivity index (χ0) is 18.4. The number of hydrogen-bond donors (Lipinski definition) is 1. The molecule has 0 saturated carbocycles. The summed E-state index contributed by atoms with van der Waals surface area (Å²) in [7, 11) is 1.65. The molecule has 1 aliphatic heterocycles. The molecule has 1 fully saturated rings. The lowest BCUT2D eigenvalue weighted by Crippen LogP contribution is -2.25. The number of benzene rings is 2. The second-order valence-corrected chi connectivity index (χ2v) is 6.98. The Bertz CT molecular complexity index is 729. The number of rotatable bonds is 8. The van der Waals surface area contributed by atoms with Crippen molar-refractivity contribution in [3.63, 3.8) is 0 Å². The Hall–Kier alpha value is -1.75. The monoisotopic (exact) mass is 375 g/mol. The van der Waals surface area contributed by atoms with Gasteiger partial charge in [0, 0.05) is 30.8 Å². The number of ether oxygens (including phenoxy) is 3. The highest BCUT2D eigenvalue weighted by atomic mass is 35.5. The van der Waals surface area contributed by atoms with Crippen LogP contribution in [0.2, 0.25) is 5.02 Å². The summed E-state index contributed by atoms with van der Waals surface area (Å²) < 4.78 is 17.1. The molecule has 4 nitrogen and oxygen atoms in total. The molecule has 26 heavy (non-hydrogen) atoms. The van der Waals surface area contributed by atoms with Crippen LogP contribution in [0.1, 0.15) is 29.5 Å². The largest absolute Gasteiger partial charge is 0.493 e. The van der Waals surface area contributed by atoms with Gasteiger partial charge < -0.3 is 19.5 Å². The molecule has 1 unspecified atom stereocenters. The first-order chi connectivity index (χ1) is 12.7. The standard InChI is InChI=1S/C21H26ClNO3/c1-15-6-3-4-7-16(15)14-26-21-11-19(22)17(10-20(21)24-2)12-23-13-18-8-5-9-25-18/h3-4,6-7,10-11,18,23H,5,8-9,12-14H2,1-2H3. The molecule has 1 atom stereocenters. The fraction of sp³-hybridized carbons (Fsp3) is 0.429. The fourth-order valence-electron chi connectivity index (χ4n) is 3.09. The number of halogens is 1. The van der Waals surface area contributed by atoms with Gasteiger partial charge in [-0.1, -0.05) is 35.9 Å². The smallest absolute Gasteiger partial charge is 0.163 e. The van der Waals surface area contributed by atoms with Crippen molar-refractivity contribution < 1.29 is 14.2 Å².